The van der Waals surface area contributed by atoms with Crippen LogP contribution in [0, 0.1) is 6.92 Å². The highest BCUT2D eigenvalue weighted by molar-refractivity contribution is 7.99. The third kappa shape index (κ3) is 5.98. The highest BCUT2D eigenvalue weighted by Gasteiger charge is 2.23. The lowest BCUT2D eigenvalue weighted by molar-refractivity contribution is -0.114. The van der Waals surface area contributed by atoms with Crippen molar-refractivity contribution in [3.05, 3.63) is 59.7 Å². The molecule has 0 atom stereocenters. The van der Waals surface area contributed by atoms with Crippen molar-refractivity contribution in [2.24, 2.45) is 0 Å². The largest absolute Gasteiger partial charge is 0.324 e. The first-order valence-electron chi connectivity index (χ1n) is 9.56. The van der Waals surface area contributed by atoms with Crippen molar-refractivity contribution in [1.82, 2.24) is 4.90 Å². The first-order chi connectivity index (χ1) is 13.8. The van der Waals surface area contributed by atoms with Crippen LogP contribution in [0.3, 0.4) is 0 Å². The van der Waals surface area contributed by atoms with Crippen molar-refractivity contribution < 1.29 is 13.2 Å². The molecule has 1 heterocycles. The molecule has 1 saturated heterocycles. The van der Waals surface area contributed by atoms with E-state index in [1.807, 2.05) is 55.1 Å². The number of carbonyl (C=O) groups is 1. The minimum atomic E-state index is -3.60. The number of carbonyl (C=O) groups excluding carboxylic acids is 1. The van der Waals surface area contributed by atoms with Crippen LogP contribution in [0.4, 0.5) is 11.4 Å². The van der Waals surface area contributed by atoms with Gasteiger partial charge in [0.15, 0.2) is 0 Å². The van der Waals surface area contributed by atoms with Crippen LogP contribution in [-0.2, 0) is 21.4 Å². The first-order valence-corrected chi connectivity index (χ1v) is 12.6. The number of hydrogen-bond donors (Lipinski definition) is 1. The Morgan fingerprint density at radius 3 is 2.45 bits per heavy atom. The van der Waals surface area contributed by atoms with Crippen molar-refractivity contribution in [2.45, 2.75) is 13.5 Å². The van der Waals surface area contributed by atoms with Crippen LogP contribution in [0.5, 0.6) is 0 Å². The summed E-state index contributed by atoms with van der Waals surface area (Å²) in [6.45, 7) is 4.39. The van der Waals surface area contributed by atoms with E-state index in [0.717, 1.165) is 58.5 Å². The van der Waals surface area contributed by atoms with E-state index in [4.69, 9.17) is 0 Å². The molecule has 29 heavy (non-hydrogen) atoms. The van der Waals surface area contributed by atoms with Gasteiger partial charge in [0.05, 0.1) is 11.9 Å². The third-order valence-corrected chi connectivity index (χ3v) is 6.93. The Balaban J connectivity index is 1.75. The predicted octanol–water partition coefficient (Wildman–Crippen LogP) is 2.95. The Morgan fingerprint density at radius 1 is 1.10 bits per heavy atom. The van der Waals surface area contributed by atoms with E-state index in [1.54, 1.807) is 12.1 Å². The van der Waals surface area contributed by atoms with Crippen LogP contribution < -0.4 is 9.62 Å². The Hall–Kier alpha value is -2.03. The van der Waals surface area contributed by atoms with Crippen LogP contribution in [0.25, 0.3) is 0 Å². The standard InChI is InChI=1S/C21H27N3O3S2/c1-17-7-3-6-10-20(17)24(29(2,26)27)16-21(25)22-19-9-5-4-8-18(19)15-23-11-13-28-14-12-23/h3-10H,11-16H2,1-2H3,(H,22,25). The van der Waals surface area contributed by atoms with E-state index in [0.29, 0.717) is 5.69 Å². The summed E-state index contributed by atoms with van der Waals surface area (Å²) >= 11 is 1.96. The number of nitrogens with zero attached hydrogens (tertiary/aromatic N) is 2. The van der Waals surface area contributed by atoms with Gasteiger partial charge in [0.1, 0.15) is 6.54 Å². The number of nitrogens with one attached hydrogen (secondary N) is 1. The van der Waals surface area contributed by atoms with Crippen LogP contribution in [0.1, 0.15) is 11.1 Å². The fraction of sp³-hybridized carbons (Fsp3) is 0.381. The van der Waals surface area contributed by atoms with E-state index >= 15 is 0 Å². The van der Waals surface area contributed by atoms with Crippen molar-refractivity contribution >= 4 is 39.1 Å². The lowest BCUT2D eigenvalue weighted by Gasteiger charge is -2.27. The first kappa shape index (κ1) is 21.7. The summed E-state index contributed by atoms with van der Waals surface area (Å²) in [7, 11) is -3.60. The second-order valence-corrected chi connectivity index (χ2v) is 10.3. The van der Waals surface area contributed by atoms with E-state index < -0.39 is 10.0 Å². The highest BCUT2D eigenvalue weighted by Crippen LogP contribution is 2.23. The maximum atomic E-state index is 12.8. The van der Waals surface area contributed by atoms with Crippen molar-refractivity contribution in [1.29, 1.82) is 0 Å². The van der Waals surface area contributed by atoms with Crippen molar-refractivity contribution in [3.8, 4) is 0 Å². The molecule has 1 aliphatic heterocycles. The average Bonchev–Trinajstić information content (AvgIpc) is 2.68. The molecule has 2 aromatic carbocycles. The molecule has 6 nitrogen and oxygen atoms in total. The second-order valence-electron chi connectivity index (χ2n) is 7.15. The van der Waals surface area contributed by atoms with Crippen LogP contribution in [-0.4, -0.2) is 56.6 Å². The van der Waals surface area contributed by atoms with Crippen LogP contribution in [0.2, 0.25) is 0 Å². The molecule has 1 fully saturated rings. The molecule has 156 valence electrons. The minimum absolute atomic E-state index is 0.266. The topological polar surface area (TPSA) is 69.7 Å². The van der Waals surface area contributed by atoms with E-state index in [1.165, 1.54) is 0 Å². The number of rotatable bonds is 7. The van der Waals surface area contributed by atoms with E-state index in [-0.39, 0.29) is 12.5 Å². The SMILES string of the molecule is Cc1ccccc1N(CC(=O)Nc1ccccc1CN1CCSCC1)S(C)(=O)=O. The summed E-state index contributed by atoms with van der Waals surface area (Å²) < 4.78 is 25.8. The zero-order valence-electron chi connectivity index (χ0n) is 16.8. The molecule has 0 bridgehead atoms. The normalized spacial score (nSPS) is 15.1. The van der Waals surface area contributed by atoms with E-state index in [9.17, 15) is 13.2 Å². The molecule has 3 rings (SSSR count). The monoisotopic (exact) mass is 433 g/mol. The summed E-state index contributed by atoms with van der Waals surface area (Å²) in [5.74, 6) is 1.88. The Bertz CT molecular complexity index is 957. The third-order valence-electron chi connectivity index (χ3n) is 4.86. The van der Waals surface area contributed by atoms with Gasteiger partial charge in [-0.25, -0.2) is 8.42 Å². The van der Waals surface area contributed by atoms with Gasteiger partial charge in [-0.05, 0) is 30.2 Å². The van der Waals surface area contributed by atoms with Crippen molar-refractivity contribution in [2.75, 3.05) is 47.0 Å². The van der Waals surface area contributed by atoms with Gasteiger partial charge in [-0.15, -0.1) is 0 Å². The molecule has 0 radical (unpaired) electrons. The Labute approximate surface area is 177 Å². The predicted molar refractivity (Wildman–Crippen MR) is 121 cm³/mol. The lowest BCUT2D eigenvalue weighted by Crippen LogP contribution is -2.38. The maximum absolute atomic E-state index is 12.8. The van der Waals surface area contributed by atoms with Crippen molar-refractivity contribution in [3.63, 3.8) is 0 Å². The number of hydrogen-bond acceptors (Lipinski definition) is 5. The number of amides is 1. The smallest absolute Gasteiger partial charge is 0.245 e. The van der Waals surface area contributed by atoms with Gasteiger partial charge in [-0.2, -0.15) is 11.8 Å². The van der Waals surface area contributed by atoms with Gasteiger partial charge in [-0.3, -0.25) is 14.0 Å². The molecular weight excluding hydrogens is 406 g/mol. The number of aryl methyl sites for hydroxylation is 1. The highest BCUT2D eigenvalue weighted by atomic mass is 32.2. The molecular formula is C21H27N3O3S2. The molecule has 1 amide bonds. The van der Waals surface area contributed by atoms with Crippen LogP contribution in [0.15, 0.2) is 48.5 Å². The van der Waals surface area contributed by atoms with Gasteiger partial charge in [-0.1, -0.05) is 36.4 Å². The molecule has 1 N–H and O–H groups in total. The number of anilines is 2. The van der Waals surface area contributed by atoms with Gasteiger partial charge >= 0.3 is 0 Å². The quantitative estimate of drug-likeness (QED) is 0.727. The molecule has 0 saturated carbocycles. The molecule has 0 aliphatic carbocycles. The minimum Gasteiger partial charge on any atom is -0.324 e. The number of para-hydroxylation sites is 2. The maximum Gasteiger partial charge on any atom is 0.245 e. The summed E-state index contributed by atoms with van der Waals surface area (Å²) in [6.07, 6.45) is 1.12. The fourth-order valence-electron chi connectivity index (χ4n) is 3.32. The van der Waals surface area contributed by atoms with Gasteiger partial charge in [0, 0.05) is 36.8 Å². The van der Waals surface area contributed by atoms with Crippen LogP contribution >= 0.6 is 11.8 Å². The summed E-state index contributed by atoms with van der Waals surface area (Å²) in [5, 5.41) is 2.91. The Morgan fingerprint density at radius 2 is 1.76 bits per heavy atom. The molecule has 8 heteroatoms. The van der Waals surface area contributed by atoms with Gasteiger partial charge < -0.3 is 5.32 Å². The molecule has 0 aromatic heterocycles. The Kier molecular flexibility index (Phi) is 7.21. The zero-order valence-corrected chi connectivity index (χ0v) is 18.4. The fourth-order valence-corrected chi connectivity index (χ4v) is 5.22. The molecule has 2 aromatic rings. The molecule has 0 spiro atoms. The summed E-state index contributed by atoms with van der Waals surface area (Å²) in [5.41, 5.74) is 3.09. The van der Waals surface area contributed by atoms with E-state index in [2.05, 4.69) is 10.2 Å². The van der Waals surface area contributed by atoms with Gasteiger partial charge in [0.2, 0.25) is 15.9 Å². The zero-order chi connectivity index (χ0) is 20.9. The summed E-state index contributed by atoms with van der Waals surface area (Å²) in [6, 6.07) is 14.9. The lowest BCUT2D eigenvalue weighted by atomic mass is 10.1. The average molecular weight is 434 g/mol. The number of sulfonamides is 1. The molecule has 1 aliphatic rings. The molecule has 0 unspecified atom stereocenters. The van der Waals surface area contributed by atoms with Gasteiger partial charge in [0.25, 0.3) is 0 Å². The summed E-state index contributed by atoms with van der Waals surface area (Å²) in [4.78, 5) is 15.1. The number of thioether (sulfide) groups is 1. The second kappa shape index (κ2) is 9.65. The number of benzene rings is 2.